The maximum absolute atomic E-state index is 13.6. The third-order valence-corrected chi connectivity index (χ3v) is 8.48. The molecule has 4 N–H and O–H groups in total. The van der Waals surface area contributed by atoms with E-state index in [1.807, 2.05) is 32.0 Å². The van der Waals surface area contributed by atoms with E-state index >= 15 is 0 Å². The number of hydrogen-bond donors (Lipinski definition) is 3. The first kappa shape index (κ1) is 26.6. The van der Waals surface area contributed by atoms with Crippen molar-refractivity contribution in [2.24, 2.45) is 11.7 Å². The molecule has 7 nitrogen and oxygen atoms in total. The summed E-state index contributed by atoms with van der Waals surface area (Å²) in [4.78, 5) is 14.0. The number of nitrogens with two attached hydrogens (primary N) is 1. The Labute approximate surface area is 193 Å². The summed E-state index contributed by atoms with van der Waals surface area (Å²) in [6.45, 7) is 6.08. The van der Waals surface area contributed by atoms with Gasteiger partial charge in [0.15, 0.2) is 0 Å². The van der Waals surface area contributed by atoms with Crippen molar-refractivity contribution in [3.05, 3.63) is 23.8 Å². The zero-order chi connectivity index (χ0) is 24.1. The van der Waals surface area contributed by atoms with Crippen LogP contribution >= 0.6 is 0 Å². The Morgan fingerprint density at radius 3 is 2.25 bits per heavy atom. The van der Waals surface area contributed by atoms with Crippen LogP contribution in [0.1, 0.15) is 83.6 Å². The second-order valence-corrected chi connectivity index (χ2v) is 11.0. The molecule has 0 fully saturated rings. The topological polar surface area (TPSA) is 113 Å². The zero-order valence-electron chi connectivity index (χ0n) is 20.2. The van der Waals surface area contributed by atoms with E-state index < -0.39 is 33.5 Å². The third-order valence-electron chi connectivity index (χ3n) is 6.85. The number of rotatable bonds is 11. The van der Waals surface area contributed by atoms with Gasteiger partial charge in [-0.1, -0.05) is 52.9 Å². The van der Waals surface area contributed by atoms with Gasteiger partial charge in [0.1, 0.15) is 0 Å². The number of aliphatic hydroxyl groups is 1. The van der Waals surface area contributed by atoms with Crippen molar-refractivity contribution in [2.75, 3.05) is 19.0 Å². The van der Waals surface area contributed by atoms with E-state index in [9.17, 15) is 18.3 Å². The van der Waals surface area contributed by atoms with Crippen LogP contribution in [0.5, 0.6) is 0 Å². The minimum atomic E-state index is -3.87. The van der Waals surface area contributed by atoms with E-state index in [1.54, 1.807) is 12.1 Å². The predicted octanol–water partition coefficient (Wildman–Crippen LogP) is 3.51. The number of anilines is 1. The number of hydrogen-bond acceptors (Lipinski definition) is 5. The summed E-state index contributed by atoms with van der Waals surface area (Å²) in [6, 6.07) is 5.25. The lowest BCUT2D eigenvalue weighted by Crippen LogP contribution is -2.57. The summed E-state index contributed by atoms with van der Waals surface area (Å²) in [5.74, 6) is -1.24. The number of carbonyl (C=O) groups excluding carboxylic acids is 1. The van der Waals surface area contributed by atoms with Crippen LogP contribution in [-0.4, -0.2) is 45.2 Å². The van der Waals surface area contributed by atoms with Gasteiger partial charge in [-0.05, 0) is 42.5 Å². The minimum Gasteiger partial charge on any atom is -0.391 e. The number of amides is 1. The maximum atomic E-state index is 13.6. The van der Waals surface area contributed by atoms with Crippen molar-refractivity contribution < 1.29 is 18.3 Å². The first-order chi connectivity index (χ1) is 15.0. The number of primary amides is 1. The number of carbonyl (C=O) groups is 1. The maximum Gasteiger partial charge on any atom is 0.241 e. The molecule has 2 rings (SSSR count). The Morgan fingerprint density at radius 2 is 1.78 bits per heavy atom. The highest BCUT2D eigenvalue weighted by Gasteiger charge is 2.50. The van der Waals surface area contributed by atoms with E-state index in [-0.39, 0.29) is 17.2 Å². The van der Waals surface area contributed by atoms with E-state index in [1.165, 1.54) is 0 Å². The Hall–Kier alpha value is -1.64. The van der Waals surface area contributed by atoms with Crippen molar-refractivity contribution >= 4 is 21.6 Å². The summed E-state index contributed by atoms with van der Waals surface area (Å²) in [5.41, 5.74) is 6.00. The van der Waals surface area contributed by atoms with Crippen molar-refractivity contribution in [1.29, 1.82) is 0 Å². The summed E-state index contributed by atoms with van der Waals surface area (Å²) in [7, 11) is -0.0842. The smallest absolute Gasteiger partial charge is 0.241 e. The molecular weight excluding hydrogens is 426 g/mol. The largest absolute Gasteiger partial charge is 0.391 e. The highest BCUT2D eigenvalue weighted by molar-refractivity contribution is 7.89. The fraction of sp³-hybridized carbons (Fsp3) is 0.708. The lowest BCUT2D eigenvalue weighted by molar-refractivity contribution is -0.119. The van der Waals surface area contributed by atoms with Gasteiger partial charge in [0.25, 0.3) is 0 Å². The van der Waals surface area contributed by atoms with Crippen LogP contribution in [0.15, 0.2) is 23.1 Å². The van der Waals surface area contributed by atoms with Gasteiger partial charge >= 0.3 is 0 Å². The van der Waals surface area contributed by atoms with Gasteiger partial charge in [-0.3, -0.25) is 4.79 Å². The van der Waals surface area contributed by atoms with E-state index in [0.29, 0.717) is 24.8 Å². The first-order valence-electron chi connectivity index (χ1n) is 11.8. The highest BCUT2D eigenvalue weighted by atomic mass is 32.2. The van der Waals surface area contributed by atoms with Gasteiger partial charge in [0.05, 0.1) is 16.5 Å². The molecule has 0 aromatic heterocycles. The van der Waals surface area contributed by atoms with Gasteiger partial charge in [-0.2, -0.15) is 0 Å². The fourth-order valence-corrected chi connectivity index (χ4v) is 6.74. The van der Waals surface area contributed by atoms with Crippen LogP contribution in [0.2, 0.25) is 0 Å². The molecule has 0 bridgehead atoms. The summed E-state index contributed by atoms with van der Waals surface area (Å²) >= 11 is 0. The van der Waals surface area contributed by atoms with Gasteiger partial charge < -0.3 is 15.7 Å². The molecule has 0 spiro atoms. The number of unbranched alkanes of at least 4 members (excludes halogenated alkanes) is 2. The molecule has 0 radical (unpaired) electrons. The number of nitrogens with one attached hydrogen (secondary N) is 1. The SMILES string of the molecule is CCCCC1(CCCC)NS(=O)(=O)c2ccc(N(C)C)cc2[C@@H](C(CC)CC(N)=O)[C@H]1O. The monoisotopic (exact) mass is 467 g/mol. The van der Waals surface area contributed by atoms with Crippen LogP contribution in [0, 0.1) is 5.92 Å². The lowest BCUT2D eigenvalue weighted by atomic mass is 9.69. The molecule has 0 saturated heterocycles. The van der Waals surface area contributed by atoms with Gasteiger partial charge in [0, 0.05) is 32.1 Å². The third kappa shape index (κ3) is 5.64. The van der Waals surface area contributed by atoms with Crippen LogP contribution in [-0.2, 0) is 14.8 Å². The number of nitrogens with zero attached hydrogens (tertiary/aromatic N) is 1. The average Bonchev–Trinajstić information content (AvgIpc) is 2.80. The van der Waals surface area contributed by atoms with Gasteiger partial charge in [0.2, 0.25) is 15.9 Å². The highest BCUT2D eigenvalue weighted by Crippen LogP contribution is 2.46. The Kier molecular flexibility index (Phi) is 9.14. The number of benzene rings is 1. The Bertz CT molecular complexity index is 877. The average molecular weight is 468 g/mol. The second-order valence-electron chi connectivity index (χ2n) is 9.39. The second kappa shape index (κ2) is 11.0. The Morgan fingerprint density at radius 1 is 1.19 bits per heavy atom. The van der Waals surface area contributed by atoms with Crippen molar-refractivity contribution in [1.82, 2.24) is 4.72 Å². The number of fused-ring (bicyclic) bond motifs is 1. The molecule has 8 heteroatoms. The number of aliphatic hydroxyl groups excluding tert-OH is 1. The fourth-order valence-electron chi connectivity index (χ4n) is 5.02. The van der Waals surface area contributed by atoms with Crippen LogP contribution < -0.4 is 15.4 Å². The minimum absolute atomic E-state index is 0.0988. The van der Waals surface area contributed by atoms with Crippen LogP contribution in [0.4, 0.5) is 5.69 Å². The summed E-state index contributed by atoms with van der Waals surface area (Å²) < 4.78 is 30.2. The molecule has 1 aromatic carbocycles. The number of sulfonamides is 1. The lowest BCUT2D eigenvalue weighted by Gasteiger charge is -2.42. The standard InChI is InChI=1S/C24H41N3O4S/c1-6-9-13-24(14-10-7-2)23(29)22(17(8-3)15-21(25)28)19-16-18(27(4)5)11-12-20(19)32(30,31)26-24/h11-12,16-17,22-23,26,29H,6-10,13-15H2,1-5H3,(H2,25,28)/t17?,22-,23-/m1/s1. The summed E-state index contributed by atoms with van der Waals surface area (Å²) in [6.07, 6.45) is 4.19. The molecule has 1 aliphatic rings. The zero-order valence-corrected chi connectivity index (χ0v) is 21.0. The normalized spacial score (nSPS) is 22.6. The van der Waals surface area contributed by atoms with E-state index in [2.05, 4.69) is 18.6 Å². The quantitative estimate of drug-likeness (QED) is 0.461. The Balaban J connectivity index is 2.81. The molecule has 3 atom stereocenters. The van der Waals surface area contributed by atoms with Crippen molar-refractivity contribution in [3.63, 3.8) is 0 Å². The molecule has 1 heterocycles. The molecular formula is C24H41N3O4S. The molecule has 182 valence electrons. The van der Waals surface area contributed by atoms with Gasteiger partial charge in [-0.25, -0.2) is 13.1 Å². The summed E-state index contributed by atoms with van der Waals surface area (Å²) in [5, 5.41) is 11.9. The predicted molar refractivity (Wildman–Crippen MR) is 129 cm³/mol. The van der Waals surface area contributed by atoms with Gasteiger partial charge in [-0.15, -0.1) is 0 Å². The van der Waals surface area contributed by atoms with E-state index in [0.717, 1.165) is 31.4 Å². The molecule has 1 aliphatic heterocycles. The van der Waals surface area contributed by atoms with Crippen LogP contribution in [0.25, 0.3) is 0 Å². The molecule has 1 amide bonds. The first-order valence-corrected chi connectivity index (χ1v) is 13.3. The molecule has 1 unspecified atom stereocenters. The van der Waals surface area contributed by atoms with Crippen molar-refractivity contribution in [2.45, 2.75) is 94.6 Å². The van der Waals surface area contributed by atoms with E-state index in [4.69, 9.17) is 5.73 Å². The molecule has 32 heavy (non-hydrogen) atoms. The molecule has 1 aromatic rings. The molecule has 0 aliphatic carbocycles. The molecule has 0 saturated carbocycles. The van der Waals surface area contributed by atoms with Crippen molar-refractivity contribution in [3.8, 4) is 0 Å². The van der Waals surface area contributed by atoms with Crippen LogP contribution in [0.3, 0.4) is 0 Å².